The van der Waals surface area contributed by atoms with E-state index in [1.54, 1.807) is 36.4 Å². The molecule has 0 saturated heterocycles. The van der Waals surface area contributed by atoms with Gasteiger partial charge in [0.05, 0.1) is 36.1 Å². The van der Waals surface area contributed by atoms with Gasteiger partial charge in [-0.2, -0.15) is 18.3 Å². The minimum absolute atomic E-state index is 0.0220. The Morgan fingerprint density at radius 3 is 2.54 bits per heavy atom. The largest absolute Gasteiger partial charge is 0.481 e. The third kappa shape index (κ3) is 4.76. The van der Waals surface area contributed by atoms with Crippen molar-refractivity contribution in [2.75, 3.05) is 12.4 Å². The van der Waals surface area contributed by atoms with Crippen LogP contribution in [0, 0.1) is 6.92 Å². The van der Waals surface area contributed by atoms with E-state index in [-0.39, 0.29) is 23.5 Å². The Morgan fingerprint density at radius 2 is 1.91 bits per heavy atom. The molecule has 0 aliphatic rings. The van der Waals surface area contributed by atoms with Crippen molar-refractivity contribution in [2.24, 2.45) is 5.73 Å². The van der Waals surface area contributed by atoms with Crippen LogP contribution in [0.15, 0.2) is 48.7 Å². The highest BCUT2D eigenvalue weighted by Crippen LogP contribution is 2.36. The molecule has 1 aromatic carbocycles. The van der Waals surface area contributed by atoms with E-state index < -0.39 is 29.4 Å². The van der Waals surface area contributed by atoms with Crippen molar-refractivity contribution in [1.29, 1.82) is 0 Å². The molecule has 180 valence electrons. The number of halogens is 3. The molecule has 0 atom stereocenters. The van der Waals surface area contributed by atoms with Gasteiger partial charge in [-0.1, -0.05) is 24.3 Å². The first-order valence-corrected chi connectivity index (χ1v) is 10.2. The molecular formula is C23H19F3N6O3. The highest BCUT2D eigenvalue weighted by atomic mass is 19.4. The number of ether oxygens (including phenoxy) is 1. The zero-order chi connectivity index (χ0) is 25.3. The molecule has 3 N–H and O–H groups in total. The average molecular weight is 484 g/mol. The van der Waals surface area contributed by atoms with Gasteiger partial charge in [-0.3, -0.25) is 14.3 Å². The quantitative estimate of drug-likeness (QED) is 0.431. The number of amides is 2. The zero-order valence-corrected chi connectivity index (χ0v) is 18.6. The number of primary amides is 1. The predicted octanol–water partition coefficient (Wildman–Crippen LogP) is 3.56. The average Bonchev–Trinajstić information content (AvgIpc) is 3.14. The molecular weight excluding hydrogens is 465 g/mol. The number of benzene rings is 1. The van der Waals surface area contributed by atoms with Gasteiger partial charge < -0.3 is 15.8 Å². The lowest BCUT2D eigenvalue weighted by molar-refractivity contribution is -0.140. The summed E-state index contributed by atoms with van der Waals surface area (Å²) in [6.45, 7) is 1.39. The second-order valence-corrected chi connectivity index (χ2v) is 7.56. The molecule has 0 saturated carbocycles. The van der Waals surface area contributed by atoms with E-state index in [2.05, 4.69) is 20.4 Å². The number of methoxy groups -OCH3 is 1. The summed E-state index contributed by atoms with van der Waals surface area (Å²) in [5.41, 5.74) is 4.28. The van der Waals surface area contributed by atoms with Crippen LogP contribution < -0.4 is 15.8 Å². The molecule has 35 heavy (non-hydrogen) atoms. The number of anilines is 1. The molecule has 2 amide bonds. The fourth-order valence-electron chi connectivity index (χ4n) is 3.52. The zero-order valence-electron chi connectivity index (χ0n) is 18.6. The number of nitrogens with one attached hydrogen (secondary N) is 1. The summed E-state index contributed by atoms with van der Waals surface area (Å²) in [6.07, 6.45) is -3.38. The summed E-state index contributed by atoms with van der Waals surface area (Å²) in [4.78, 5) is 33.0. The standard InChI is InChI=1S/C23H19F3N6O3/c1-12-19(20(23(24,25)26)31-32(12)11-13-7-8-18(35-2)28-10-13)30-22(34)15-9-17(21(27)33)29-16-6-4-3-5-14(15)16/h3-10H,11H2,1-2H3,(H2,27,33)(H,30,34). The smallest absolute Gasteiger partial charge is 0.437 e. The fourth-order valence-corrected chi connectivity index (χ4v) is 3.52. The van der Waals surface area contributed by atoms with E-state index in [1.165, 1.54) is 20.2 Å². The van der Waals surface area contributed by atoms with Crippen LogP contribution in [0.3, 0.4) is 0 Å². The third-order valence-electron chi connectivity index (χ3n) is 5.27. The number of alkyl halides is 3. The minimum Gasteiger partial charge on any atom is -0.481 e. The monoisotopic (exact) mass is 484 g/mol. The number of aromatic nitrogens is 4. The van der Waals surface area contributed by atoms with Crippen molar-refractivity contribution in [2.45, 2.75) is 19.6 Å². The van der Waals surface area contributed by atoms with Crippen LogP contribution in [0.5, 0.6) is 5.88 Å². The minimum atomic E-state index is -4.84. The number of hydrogen-bond donors (Lipinski definition) is 2. The van der Waals surface area contributed by atoms with Crippen LogP contribution >= 0.6 is 0 Å². The fraction of sp³-hybridized carbons (Fsp3) is 0.174. The summed E-state index contributed by atoms with van der Waals surface area (Å²) in [6, 6.07) is 10.8. The van der Waals surface area contributed by atoms with E-state index in [0.29, 0.717) is 22.3 Å². The van der Waals surface area contributed by atoms with Crippen LogP contribution in [0.2, 0.25) is 0 Å². The molecule has 0 fully saturated rings. The van der Waals surface area contributed by atoms with Gasteiger partial charge in [0, 0.05) is 17.6 Å². The highest BCUT2D eigenvalue weighted by Gasteiger charge is 2.39. The summed E-state index contributed by atoms with van der Waals surface area (Å²) in [7, 11) is 1.45. The summed E-state index contributed by atoms with van der Waals surface area (Å²) in [5, 5.41) is 6.38. The van der Waals surface area contributed by atoms with E-state index in [9.17, 15) is 22.8 Å². The lowest BCUT2D eigenvalue weighted by atomic mass is 10.1. The lowest BCUT2D eigenvalue weighted by Gasteiger charge is -2.11. The molecule has 0 radical (unpaired) electrons. The SMILES string of the molecule is COc1ccc(Cn2nc(C(F)(F)F)c(NC(=O)c3cc(C(N)=O)nc4ccccc34)c2C)cn1. The van der Waals surface area contributed by atoms with E-state index in [1.807, 2.05) is 0 Å². The van der Waals surface area contributed by atoms with Crippen LogP contribution in [0.4, 0.5) is 18.9 Å². The van der Waals surface area contributed by atoms with Gasteiger partial charge in [0.2, 0.25) is 5.88 Å². The Labute approximate surface area is 196 Å². The Bertz CT molecular complexity index is 1430. The molecule has 3 aromatic heterocycles. The summed E-state index contributed by atoms with van der Waals surface area (Å²) < 4.78 is 47.6. The first-order valence-electron chi connectivity index (χ1n) is 10.2. The van der Waals surface area contributed by atoms with Crippen molar-refractivity contribution < 1.29 is 27.5 Å². The van der Waals surface area contributed by atoms with Crippen LogP contribution in [-0.2, 0) is 12.7 Å². The van der Waals surface area contributed by atoms with Gasteiger partial charge in [0.25, 0.3) is 11.8 Å². The summed E-state index contributed by atoms with van der Waals surface area (Å²) in [5.74, 6) is -1.39. The van der Waals surface area contributed by atoms with Gasteiger partial charge in [-0.05, 0) is 24.6 Å². The third-order valence-corrected chi connectivity index (χ3v) is 5.27. The molecule has 0 aliphatic heterocycles. The highest BCUT2D eigenvalue weighted by molar-refractivity contribution is 6.14. The van der Waals surface area contributed by atoms with Crippen molar-refractivity contribution in [3.05, 3.63) is 76.9 Å². The molecule has 3 heterocycles. The first-order chi connectivity index (χ1) is 16.6. The number of carbonyl (C=O) groups is 2. The van der Waals surface area contributed by atoms with Gasteiger partial charge in [-0.15, -0.1) is 0 Å². The second-order valence-electron chi connectivity index (χ2n) is 7.56. The molecule has 4 rings (SSSR count). The number of hydrogen-bond acceptors (Lipinski definition) is 6. The van der Waals surface area contributed by atoms with E-state index in [0.717, 1.165) is 10.7 Å². The number of fused-ring (bicyclic) bond motifs is 1. The molecule has 4 aromatic rings. The van der Waals surface area contributed by atoms with E-state index in [4.69, 9.17) is 10.5 Å². The number of rotatable bonds is 6. The van der Waals surface area contributed by atoms with Crippen molar-refractivity contribution in [1.82, 2.24) is 19.7 Å². The Balaban J connectivity index is 1.74. The predicted molar refractivity (Wildman–Crippen MR) is 120 cm³/mol. The van der Waals surface area contributed by atoms with Gasteiger partial charge >= 0.3 is 6.18 Å². The van der Waals surface area contributed by atoms with Crippen molar-refractivity contribution in [3.63, 3.8) is 0 Å². The number of para-hydroxylation sites is 1. The maximum Gasteiger partial charge on any atom is 0.437 e. The maximum absolute atomic E-state index is 13.8. The molecule has 0 bridgehead atoms. The van der Waals surface area contributed by atoms with Gasteiger partial charge in [-0.25, -0.2) is 9.97 Å². The first kappa shape index (κ1) is 23.7. The summed E-state index contributed by atoms with van der Waals surface area (Å²) >= 11 is 0. The number of carbonyl (C=O) groups excluding carboxylic acids is 2. The van der Waals surface area contributed by atoms with E-state index >= 15 is 0 Å². The van der Waals surface area contributed by atoms with Crippen LogP contribution in [0.1, 0.15) is 37.8 Å². The lowest BCUT2D eigenvalue weighted by Crippen LogP contribution is -2.19. The van der Waals surface area contributed by atoms with Crippen LogP contribution in [0.25, 0.3) is 10.9 Å². The molecule has 0 unspecified atom stereocenters. The number of pyridine rings is 2. The number of nitrogens with zero attached hydrogens (tertiary/aromatic N) is 4. The van der Waals surface area contributed by atoms with Crippen molar-refractivity contribution in [3.8, 4) is 5.88 Å². The Kier molecular flexibility index (Phi) is 6.12. The van der Waals surface area contributed by atoms with Gasteiger partial charge in [0.1, 0.15) is 5.69 Å². The normalized spacial score (nSPS) is 11.5. The Hall–Kier alpha value is -4.48. The molecule has 9 nitrogen and oxygen atoms in total. The van der Waals surface area contributed by atoms with Crippen LogP contribution in [-0.4, -0.2) is 38.7 Å². The second kappa shape index (κ2) is 9.05. The van der Waals surface area contributed by atoms with Crippen molar-refractivity contribution >= 4 is 28.4 Å². The molecule has 0 spiro atoms. The van der Waals surface area contributed by atoms with Gasteiger partial charge in [0.15, 0.2) is 5.69 Å². The number of nitrogens with two attached hydrogens (primary N) is 1. The molecule has 12 heteroatoms. The Morgan fingerprint density at radius 1 is 1.17 bits per heavy atom. The topological polar surface area (TPSA) is 125 Å². The molecule has 0 aliphatic carbocycles. The maximum atomic E-state index is 13.8.